The number of Topliss-reactive ketones (excluding diaryl/α,β-unsaturated/α-hetero) is 1. The van der Waals surface area contributed by atoms with E-state index in [1.165, 1.54) is 0 Å². The highest BCUT2D eigenvalue weighted by Crippen LogP contribution is 2.46. The van der Waals surface area contributed by atoms with Gasteiger partial charge in [-0.2, -0.15) is 0 Å². The van der Waals surface area contributed by atoms with Gasteiger partial charge in [0.2, 0.25) is 0 Å². The summed E-state index contributed by atoms with van der Waals surface area (Å²) < 4.78 is 0. The molecule has 0 saturated heterocycles. The van der Waals surface area contributed by atoms with E-state index in [1.807, 2.05) is 13.0 Å². The molecular formula is C10H12N2O. The van der Waals surface area contributed by atoms with Crippen molar-refractivity contribution in [2.24, 2.45) is 5.92 Å². The lowest BCUT2D eigenvalue weighted by Gasteiger charge is -1.97. The van der Waals surface area contributed by atoms with Crippen LogP contribution in [0.5, 0.6) is 0 Å². The van der Waals surface area contributed by atoms with Crippen LogP contribution in [0.3, 0.4) is 0 Å². The standard InChI is InChI=1S/C10H12N2O/c1-6(13)8-5-9(8)10-3-4-11-7(2)12-10/h3-4,8-9H,5H2,1-2H3. The Hall–Kier alpha value is -1.25. The van der Waals surface area contributed by atoms with Gasteiger partial charge in [0.1, 0.15) is 11.6 Å². The summed E-state index contributed by atoms with van der Waals surface area (Å²) in [7, 11) is 0. The van der Waals surface area contributed by atoms with Crippen molar-refractivity contribution in [1.29, 1.82) is 0 Å². The molecule has 3 heteroatoms. The van der Waals surface area contributed by atoms with E-state index in [9.17, 15) is 4.79 Å². The van der Waals surface area contributed by atoms with E-state index >= 15 is 0 Å². The van der Waals surface area contributed by atoms with Crippen LogP contribution < -0.4 is 0 Å². The van der Waals surface area contributed by atoms with Gasteiger partial charge in [-0.1, -0.05) is 0 Å². The maximum Gasteiger partial charge on any atom is 0.133 e. The third kappa shape index (κ3) is 1.59. The van der Waals surface area contributed by atoms with Gasteiger partial charge < -0.3 is 0 Å². The quantitative estimate of drug-likeness (QED) is 0.685. The lowest BCUT2D eigenvalue weighted by molar-refractivity contribution is -0.118. The summed E-state index contributed by atoms with van der Waals surface area (Å²) >= 11 is 0. The van der Waals surface area contributed by atoms with E-state index in [2.05, 4.69) is 9.97 Å². The van der Waals surface area contributed by atoms with Gasteiger partial charge in [-0.3, -0.25) is 4.79 Å². The number of ketones is 1. The molecule has 1 aliphatic carbocycles. The average molecular weight is 176 g/mol. The van der Waals surface area contributed by atoms with E-state index < -0.39 is 0 Å². The van der Waals surface area contributed by atoms with Crippen molar-refractivity contribution in [3.05, 3.63) is 23.8 Å². The zero-order chi connectivity index (χ0) is 9.42. The van der Waals surface area contributed by atoms with Crippen LogP contribution >= 0.6 is 0 Å². The second-order valence-electron chi connectivity index (χ2n) is 3.59. The summed E-state index contributed by atoms with van der Waals surface area (Å²) in [6, 6.07) is 1.90. The normalized spacial score (nSPS) is 25.7. The lowest BCUT2D eigenvalue weighted by Crippen LogP contribution is -1.98. The first kappa shape index (κ1) is 8.35. The second kappa shape index (κ2) is 2.91. The van der Waals surface area contributed by atoms with Gasteiger partial charge >= 0.3 is 0 Å². The molecule has 1 aromatic heterocycles. The molecule has 2 rings (SSSR count). The number of hydrogen-bond donors (Lipinski definition) is 0. The Balaban J connectivity index is 2.16. The minimum absolute atomic E-state index is 0.217. The van der Waals surface area contributed by atoms with Gasteiger partial charge in [0, 0.05) is 23.7 Å². The monoisotopic (exact) mass is 176 g/mol. The Morgan fingerprint density at radius 1 is 1.62 bits per heavy atom. The molecule has 0 aromatic carbocycles. The molecule has 0 aliphatic heterocycles. The number of rotatable bonds is 2. The molecule has 2 unspecified atom stereocenters. The van der Waals surface area contributed by atoms with Crippen LogP contribution in [-0.2, 0) is 4.79 Å². The molecule has 68 valence electrons. The van der Waals surface area contributed by atoms with E-state index in [0.717, 1.165) is 17.9 Å². The molecule has 0 N–H and O–H groups in total. The molecule has 3 nitrogen and oxygen atoms in total. The molecule has 0 bridgehead atoms. The number of carbonyl (C=O) groups excluding carboxylic acids is 1. The Bertz CT molecular complexity index is 349. The van der Waals surface area contributed by atoms with E-state index in [0.29, 0.717) is 5.92 Å². The smallest absolute Gasteiger partial charge is 0.133 e. The minimum atomic E-state index is 0.217. The number of aryl methyl sites for hydroxylation is 1. The van der Waals surface area contributed by atoms with Crippen molar-refractivity contribution in [2.75, 3.05) is 0 Å². The van der Waals surface area contributed by atoms with Gasteiger partial charge in [0.05, 0.1) is 0 Å². The van der Waals surface area contributed by atoms with Crippen molar-refractivity contribution in [3.63, 3.8) is 0 Å². The maximum absolute atomic E-state index is 11.0. The molecule has 1 fully saturated rings. The van der Waals surface area contributed by atoms with Crippen molar-refractivity contribution in [3.8, 4) is 0 Å². The predicted octanol–water partition coefficient (Wildman–Crippen LogP) is 1.48. The summed E-state index contributed by atoms with van der Waals surface area (Å²) in [5.74, 6) is 1.64. The van der Waals surface area contributed by atoms with Crippen LogP contribution in [0, 0.1) is 12.8 Å². The first-order chi connectivity index (χ1) is 6.18. The van der Waals surface area contributed by atoms with Gasteiger partial charge in [0.25, 0.3) is 0 Å². The van der Waals surface area contributed by atoms with Gasteiger partial charge in [-0.15, -0.1) is 0 Å². The van der Waals surface area contributed by atoms with Gasteiger partial charge in [0.15, 0.2) is 0 Å². The zero-order valence-electron chi connectivity index (χ0n) is 7.82. The number of hydrogen-bond acceptors (Lipinski definition) is 3. The zero-order valence-corrected chi connectivity index (χ0v) is 7.82. The lowest BCUT2D eigenvalue weighted by atomic mass is 10.2. The minimum Gasteiger partial charge on any atom is -0.300 e. The Labute approximate surface area is 77.2 Å². The molecule has 0 radical (unpaired) electrons. The van der Waals surface area contributed by atoms with Crippen LogP contribution in [0.4, 0.5) is 0 Å². The van der Waals surface area contributed by atoms with Gasteiger partial charge in [-0.25, -0.2) is 9.97 Å². The first-order valence-electron chi connectivity index (χ1n) is 4.48. The van der Waals surface area contributed by atoms with Crippen molar-refractivity contribution < 1.29 is 4.79 Å². The van der Waals surface area contributed by atoms with Crippen LogP contribution in [-0.4, -0.2) is 15.8 Å². The van der Waals surface area contributed by atoms with Crippen molar-refractivity contribution >= 4 is 5.78 Å². The number of carbonyl (C=O) groups is 1. The largest absolute Gasteiger partial charge is 0.300 e. The van der Waals surface area contributed by atoms with Crippen LogP contribution in [0.2, 0.25) is 0 Å². The summed E-state index contributed by atoms with van der Waals surface area (Å²) in [5, 5.41) is 0. The fourth-order valence-corrected chi connectivity index (χ4v) is 1.65. The maximum atomic E-state index is 11.0. The van der Waals surface area contributed by atoms with E-state index in [-0.39, 0.29) is 11.7 Å². The molecule has 1 aliphatic rings. The Morgan fingerprint density at radius 2 is 2.38 bits per heavy atom. The molecule has 1 heterocycles. The summed E-state index contributed by atoms with van der Waals surface area (Å²) in [6.45, 7) is 3.52. The van der Waals surface area contributed by atoms with Crippen molar-refractivity contribution in [1.82, 2.24) is 9.97 Å². The first-order valence-corrected chi connectivity index (χ1v) is 4.48. The third-order valence-electron chi connectivity index (χ3n) is 2.49. The molecule has 13 heavy (non-hydrogen) atoms. The topological polar surface area (TPSA) is 42.9 Å². The highest BCUT2D eigenvalue weighted by molar-refractivity contribution is 5.82. The van der Waals surface area contributed by atoms with E-state index in [1.54, 1.807) is 13.1 Å². The van der Waals surface area contributed by atoms with Crippen molar-refractivity contribution in [2.45, 2.75) is 26.2 Å². The van der Waals surface area contributed by atoms with E-state index in [4.69, 9.17) is 0 Å². The molecule has 0 spiro atoms. The third-order valence-corrected chi connectivity index (χ3v) is 2.49. The number of nitrogens with zero attached hydrogens (tertiary/aromatic N) is 2. The fraction of sp³-hybridized carbons (Fsp3) is 0.500. The summed E-state index contributed by atoms with van der Waals surface area (Å²) in [4.78, 5) is 19.4. The van der Waals surface area contributed by atoms with Crippen LogP contribution in [0.25, 0.3) is 0 Å². The summed E-state index contributed by atoms with van der Waals surface area (Å²) in [5.41, 5.74) is 1.02. The molecule has 0 amide bonds. The fourth-order valence-electron chi connectivity index (χ4n) is 1.65. The molecular weight excluding hydrogens is 164 g/mol. The highest BCUT2D eigenvalue weighted by atomic mass is 16.1. The molecule has 1 aromatic rings. The highest BCUT2D eigenvalue weighted by Gasteiger charge is 2.42. The molecule has 1 saturated carbocycles. The van der Waals surface area contributed by atoms with Gasteiger partial charge in [-0.05, 0) is 26.3 Å². The SMILES string of the molecule is CC(=O)C1CC1c1ccnc(C)n1. The summed E-state index contributed by atoms with van der Waals surface area (Å²) in [6.07, 6.45) is 2.72. The van der Waals surface area contributed by atoms with Crippen LogP contribution in [0.1, 0.15) is 30.8 Å². The van der Waals surface area contributed by atoms with Crippen LogP contribution in [0.15, 0.2) is 12.3 Å². The molecule has 2 atom stereocenters. The Morgan fingerprint density at radius 3 is 2.92 bits per heavy atom. The predicted molar refractivity (Wildman–Crippen MR) is 48.3 cm³/mol. The number of aromatic nitrogens is 2. The second-order valence-corrected chi connectivity index (χ2v) is 3.59. The Kier molecular flexibility index (Phi) is 1.87. The average Bonchev–Trinajstić information content (AvgIpc) is 2.82.